The molecule has 0 spiro atoms. The number of rotatable bonds is 6. The second-order valence-electron chi connectivity index (χ2n) is 4.70. The third-order valence-electron chi connectivity index (χ3n) is 3.17. The second-order valence-corrected chi connectivity index (χ2v) is 5.95. The molecule has 1 aliphatic carbocycles. The predicted molar refractivity (Wildman–Crippen MR) is 73.6 cm³/mol. The SMILES string of the molecule is CCON=C1CCC(C(C#N)SCCC(F)(F)F)CC1. The highest BCUT2D eigenvalue weighted by atomic mass is 32.2. The summed E-state index contributed by atoms with van der Waals surface area (Å²) in [5.41, 5.74) is 0.986. The van der Waals surface area contributed by atoms with Crippen molar-refractivity contribution in [2.75, 3.05) is 12.4 Å². The third-order valence-corrected chi connectivity index (χ3v) is 4.46. The first kappa shape index (κ1) is 17.2. The summed E-state index contributed by atoms with van der Waals surface area (Å²) < 4.78 is 36.3. The Balaban J connectivity index is 2.36. The fourth-order valence-corrected chi connectivity index (χ4v) is 3.33. The zero-order valence-electron chi connectivity index (χ0n) is 11.4. The van der Waals surface area contributed by atoms with Crippen LogP contribution in [0.3, 0.4) is 0 Å². The maximum Gasteiger partial charge on any atom is 0.389 e. The number of hydrogen-bond acceptors (Lipinski definition) is 4. The van der Waals surface area contributed by atoms with Gasteiger partial charge in [0.25, 0.3) is 0 Å². The number of nitriles is 1. The van der Waals surface area contributed by atoms with Crippen LogP contribution >= 0.6 is 11.8 Å². The van der Waals surface area contributed by atoms with Gasteiger partial charge in [-0.05, 0) is 38.5 Å². The highest BCUT2D eigenvalue weighted by Gasteiger charge is 2.30. The fourth-order valence-electron chi connectivity index (χ4n) is 2.10. The van der Waals surface area contributed by atoms with E-state index in [0.29, 0.717) is 6.61 Å². The number of oxime groups is 1. The van der Waals surface area contributed by atoms with Gasteiger partial charge in [-0.3, -0.25) is 0 Å². The Hall–Kier alpha value is -0.900. The molecule has 1 fully saturated rings. The van der Waals surface area contributed by atoms with Crippen LogP contribution in [0.4, 0.5) is 13.2 Å². The molecule has 0 aromatic rings. The molecule has 0 radical (unpaired) electrons. The lowest BCUT2D eigenvalue weighted by Gasteiger charge is -2.26. The van der Waals surface area contributed by atoms with Crippen LogP contribution in [0.1, 0.15) is 39.0 Å². The van der Waals surface area contributed by atoms with Crippen molar-refractivity contribution in [3.05, 3.63) is 0 Å². The molecule has 114 valence electrons. The molecule has 3 nitrogen and oxygen atoms in total. The minimum Gasteiger partial charge on any atom is -0.396 e. The summed E-state index contributed by atoms with van der Waals surface area (Å²) in [6, 6.07) is 2.14. The van der Waals surface area contributed by atoms with Crippen molar-refractivity contribution in [3.63, 3.8) is 0 Å². The van der Waals surface area contributed by atoms with Crippen molar-refractivity contribution in [2.24, 2.45) is 11.1 Å². The molecule has 20 heavy (non-hydrogen) atoms. The van der Waals surface area contributed by atoms with Crippen LogP contribution in [0.15, 0.2) is 5.16 Å². The number of nitrogens with zero attached hydrogens (tertiary/aromatic N) is 2. The van der Waals surface area contributed by atoms with Crippen LogP contribution in [-0.4, -0.2) is 29.5 Å². The van der Waals surface area contributed by atoms with Crippen LogP contribution in [0.5, 0.6) is 0 Å². The van der Waals surface area contributed by atoms with Gasteiger partial charge in [0, 0.05) is 5.75 Å². The van der Waals surface area contributed by atoms with Gasteiger partial charge in [-0.1, -0.05) is 5.16 Å². The highest BCUT2D eigenvalue weighted by molar-refractivity contribution is 8.00. The number of thioether (sulfide) groups is 1. The zero-order valence-corrected chi connectivity index (χ0v) is 12.3. The molecule has 0 aromatic carbocycles. The Labute approximate surface area is 121 Å². The van der Waals surface area contributed by atoms with E-state index in [2.05, 4.69) is 11.2 Å². The summed E-state index contributed by atoms with van der Waals surface area (Å²) in [4.78, 5) is 4.99. The summed E-state index contributed by atoms with van der Waals surface area (Å²) in [5, 5.41) is 12.7. The number of halogens is 3. The molecule has 1 unspecified atom stereocenters. The van der Waals surface area contributed by atoms with E-state index in [-0.39, 0.29) is 16.9 Å². The van der Waals surface area contributed by atoms with Gasteiger partial charge in [0.2, 0.25) is 0 Å². The maximum absolute atomic E-state index is 12.1. The molecular formula is C13H19F3N2OS. The average Bonchev–Trinajstić information content (AvgIpc) is 2.41. The van der Waals surface area contributed by atoms with E-state index in [4.69, 9.17) is 10.1 Å². The molecule has 7 heteroatoms. The largest absolute Gasteiger partial charge is 0.396 e. The summed E-state index contributed by atoms with van der Waals surface area (Å²) >= 11 is 1.12. The van der Waals surface area contributed by atoms with Crippen LogP contribution in [-0.2, 0) is 4.84 Å². The van der Waals surface area contributed by atoms with E-state index < -0.39 is 12.6 Å². The topological polar surface area (TPSA) is 45.4 Å². The molecule has 1 aliphatic rings. The number of hydrogen-bond donors (Lipinski definition) is 0. The zero-order chi connectivity index (χ0) is 15.0. The smallest absolute Gasteiger partial charge is 0.389 e. The van der Waals surface area contributed by atoms with E-state index in [1.54, 1.807) is 0 Å². The van der Waals surface area contributed by atoms with E-state index in [9.17, 15) is 13.2 Å². The lowest BCUT2D eigenvalue weighted by molar-refractivity contribution is -0.129. The van der Waals surface area contributed by atoms with Crippen LogP contribution < -0.4 is 0 Å². The summed E-state index contributed by atoms with van der Waals surface area (Å²) in [6.07, 6.45) is -1.85. The van der Waals surface area contributed by atoms with Gasteiger partial charge in [-0.2, -0.15) is 18.4 Å². The molecule has 0 aromatic heterocycles. The monoisotopic (exact) mass is 308 g/mol. The maximum atomic E-state index is 12.1. The van der Waals surface area contributed by atoms with Crippen molar-refractivity contribution in [1.29, 1.82) is 5.26 Å². The molecular weight excluding hydrogens is 289 g/mol. The summed E-state index contributed by atoms with van der Waals surface area (Å²) in [5.74, 6) is 0.108. The van der Waals surface area contributed by atoms with Crippen molar-refractivity contribution in [1.82, 2.24) is 0 Å². The normalized spacial score (nSPS) is 21.1. The van der Waals surface area contributed by atoms with Gasteiger partial charge in [0.1, 0.15) is 6.61 Å². The molecule has 0 saturated heterocycles. The van der Waals surface area contributed by atoms with Gasteiger partial charge in [-0.15, -0.1) is 11.8 Å². The average molecular weight is 308 g/mol. The highest BCUT2D eigenvalue weighted by Crippen LogP contribution is 2.33. The Bertz CT molecular complexity index is 356. The lowest BCUT2D eigenvalue weighted by atomic mass is 9.86. The van der Waals surface area contributed by atoms with Crippen molar-refractivity contribution in [3.8, 4) is 6.07 Å². The first-order valence-electron chi connectivity index (χ1n) is 6.72. The van der Waals surface area contributed by atoms with Crippen LogP contribution in [0, 0.1) is 17.2 Å². The molecule has 0 bridgehead atoms. The fraction of sp³-hybridized carbons (Fsp3) is 0.846. The minimum atomic E-state index is -4.14. The second kappa shape index (κ2) is 8.40. The van der Waals surface area contributed by atoms with Crippen molar-refractivity contribution >= 4 is 17.5 Å². The molecule has 1 saturated carbocycles. The van der Waals surface area contributed by atoms with E-state index >= 15 is 0 Å². The van der Waals surface area contributed by atoms with Crippen molar-refractivity contribution < 1.29 is 18.0 Å². The third kappa shape index (κ3) is 6.51. The van der Waals surface area contributed by atoms with Crippen LogP contribution in [0.25, 0.3) is 0 Å². The van der Waals surface area contributed by atoms with Crippen LogP contribution in [0.2, 0.25) is 0 Å². The molecule has 0 amide bonds. The Morgan fingerprint density at radius 3 is 2.60 bits per heavy atom. The molecule has 0 N–H and O–H groups in total. The Kier molecular flexibility index (Phi) is 7.20. The quantitative estimate of drug-likeness (QED) is 0.693. The Morgan fingerprint density at radius 1 is 1.45 bits per heavy atom. The summed E-state index contributed by atoms with van der Waals surface area (Å²) in [7, 11) is 0. The van der Waals surface area contributed by atoms with Gasteiger partial charge in [0.05, 0.1) is 23.5 Å². The van der Waals surface area contributed by atoms with E-state index in [1.807, 2.05) is 6.92 Å². The standard InChI is InChI=1S/C13H19F3N2OS/c1-2-19-18-11-5-3-10(4-6-11)12(9-17)20-8-7-13(14,15)16/h10,12H,2-8H2,1H3. The molecule has 1 atom stereocenters. The molecule has 0 heterocycles. The van der Waals surface area contributed by atoms with Gasteiger partial charge < -0.3 is 4.84 Å². The van der Waals surface area contributed by atoms with Gasteiger partial charge in [-0.25, -0.2) is 0 Å². The minimum absolute atomic E-state index is 0.0435. The Morgan fingerprint density at radius 2 is 2.10 bits per heavy atom. The number of alkyl halides is 3. The van der Waals surface area contributed by atoms with E-state index in [1.165, 1.54) is 0 Å². The predicted octanol–water partition coefficient (Wildman–Crippen LogP) is 4.15. The van der Waals surface area contributed by atoms with Gasteiger partial charge >= 0.3 is 6.18 Å². The van der Waals surface area contributed by atoms with Crippen molar-refractivity contribution in [2.45, 2.75) is 50.5 Å². The summed E-state index contributed by atoms with van der Waals surface area (Å²) in [6.45, 7) is 2.39. The molecule has 1 rings (SSSR count). The van der Waals surface area contributed by atoms with Gasteiger partial charge in [0.15, 0.2) is 0 Å². The lowest BCUT2D eigenvalue weighted by Crippen LogP contribution is -2.23. The van der Waals surface area contributed by atoms with E-state index in [0.717, 1.165) is 43.2 Å². The first-order chi connectivity index (χ1) is 9.46. The molecule has 0 aliphatic heterocycles. The first-order valence-corrected chi connectivity index (χ1v) is 7.76.